The molecule has 0 spiro atoms. The molecule has 0 atom stereocenters. The van der Waals surface area contributed by atoms with Gasteiger partial charge in [-0.3, -0.25) is 0 Å². The molecule has 0 aliphatic rings. The third-order valence-corrected chi connectivity index (χ3v) is 3.93. The molecule has 1 N–H and O–H groups in total. The summed E-state index contributed by atoms with van der Waals surface area (Å²) in [7, 11) is 0. The Morgan fingerprint density at radius 2 is 1.76 bits per heavy atom. The van der Waals surface area contributed by atoms with Crippen LogP contribution in [0.4, 0.5) is 28.4 Å². The Hall–Kier alpha value is -2.61. The number of halogens is 4. The van der Waals surface area contributed by atoms with Crippen LogP contribution in [0, 0.1) is 5.82 Å². The molecule has 2 aromatic carbocycles. The van der Waals surface area contributed by atoms with Gasteiger partial charge in [0.05, 0.1) is 11.4 Å². The summed E-state index contributed by atoms with van der Waals surface area (Å²) in [5.74, 6) is -0.258. The predicted molar refractivity (Wildman–Crippen MR) is 88.8 cm³/mol. The van der Waals surface area contributed by atoms with Gasteiger partial charge in [0.2, 0.25) is 0 Å². The number of benzene rings is 2. The maximum Gasteiger partial charge on any atom is 0.422 e. The fraction of sp³-hybridized carbons (Fsp3) is 0.118. The smallest absolute Gasteiger partial charge is 0.422 e. The van der Waals surface area contributed by atoms with E-state index >= 15 is 0 Å². The van der Waals surface area contributed by atoms with Gasteiger partial charge in [0.25, 0.3) is 0 Å². The highest BCUT2D eigenvalue weighted by Crippen LogP contribution is 2.29. The number of hydrogen-bond acceptors (Lipinski definition) is 4. The zero-order chi connectivity index (χ0) is 17.9. The monoisotopic (exact) mass is 368 g/mol. The van der Waals surface area contributed by atoms with Gasteiger partial charge in [-0.15, -0.1) is 11.3 Å². The lowest BCUT2D eigenvalue weighted by Gasteiger charge is -2.09. The molecule has 0 aliphatic heterocycles. The Morgan fingerprint density at radius 3 is 2.44 bits per heavy atom. The van der Waals surface area contributed by atoms with E-state index in [0.717, 1.165) is 5.56 Å². The van der Waals surface area contributed by atoms with Crippen LogP contribution in [0.15, 0.2) is 53.9 Å². The van der Waals surface area contributed by atoms with Gasteiger partial charge in [0, 0.05) is 10.9 Å². The Labute approximate surface area is 144 Å². The van der Waals surface area contributed by atoms with Crippen LogP contribution >= 0.6 is 11.3 Å². The molecule has 0 aliphatic carbocycles. The first-order chi connectivity index (χ1) is 11.9. The largest absolute Gasteiger partial charge is 0.484 e. The Kier molecular flexibility index (Phi) is 4.89. The van der Waals surface area contributed by atoms with E-state index in [2.05, 4.69) is 15.0 Å². The van der Waals surface area contributed by atoms with E-state index in [-0.39, 0.29) is 11.6 Å². The van der Waals surface area contributed by atoms with Crippen LogP contribution < -0.4 is 10.1 Å². The zero-order valence-corrected chi connectivity index (χ0v) is 13.5. The molecular formula is C17H12F4N2OS. The van der Waals surface area contributed by atoms with Gasteiger partial charge in [-0.25, -0.2) is 9.37 Å². The van der Waals surface area contributed by atoms with E-state index in [9.17, 15) is 17.6 Å². The maximum atomic E-state index is 13.6. The van der Waals surface area contributed by atoms with Crippen molar-refractivity contribution in [2.45, 2.75) is 6.18 Å². The second-order valence-corrected chi connectivity index (χ2v) is 5.93. The van der Waals surface area contributed by atoms with Gasteiger partial charge in [0.1, 0.15) is 11.6 Å². The summed E-state index contributed by atoms with van der Waals surface area (Å²) in [5, 5.41) is 5.18. The van der Waals surface area contributed by atoms with Gasteiger partial charge in [-0.2, -0.15) is 13.2 Å². The minimum Gasteiger partial charge on any atom is -0.484 e. The normalized spacial score (nSPS) is 11.4. The zero-order valence-electron chi connectivity index (χ0n) is 12.7. The first kappa shape index (κ1) is 17.2. The molecule has 0 unspecified atom stereocenters. The summed E-state index contributed by atoms with van der Waals surface area (Å²) in [6, 6.07) is 12.4. The van der Waals surface area contributed by atoms with Crippen molar-refractivity contribution in [3.8, 4) is 17.0 Å². The topological polar surface area (TPSA) is 34.2 Å². The lowest BCUT2D eigenvalue weighted by molar-refractivity contribution is -0.153. The SMILES string of the molecule is Fc1ccccc1Nc1nc(-c2ccc(OCC(F)(F)F)cc2)cs1. The Balaban J connectivity index is 1.69. The Bertz CT molecular complexity index is 846. The van der Waals surface area contributed by atoms with Crippen LogP contribution in [0.3, 0.4) is 0 Å². The van der Waals surface area contributed by atoms with E-state index in [1.807, 2.05) is 0 Å². The number of anilines is 2. The maximum absolute atomic E-state index is 13.6. The standard InChI is InChI=1S/C17H12F4N2OS/c18-13-3-1-2-4-14(13)22-16-23-15(9-25-16)11-5-7-12(8-6-11)24-10-17(19,20)21/h1-9H,10H2,(H,22,23). The van der Waals surface area contributed by atoms with E-state index in [1.54, 1.807) is 35.7 Å². The summed E-state index contributed by atoms with van der Waals surface area (Å²) < 4.78 is 54.7. The lowest BCUT2D eigenvalue weighted by Crippen LogP contribution is -2.19. The summed E-state index contributed by atoms with van der Waals surface area (Å²) in [6.45, 7) is -1.33. The molecule has 0 saturated heterocycles. The van der Waals surface area contributed by atoms with Crippen molar-refractivity contribution >= 4 is 22.2 Å². The van der Waals surface area contributed by atoms with Crippen molar-refractivity contribution in [3.63, 3.8) is 0 Å². The average Bonchev–Trinajstić information content (AvgIpc) is 3.03. The van der Waals surface area contributed by atoms with E-state index in [1.165, 1.54) is 29.5 Å². The van der Waals surface area contributed by atoms with E-state index in [0.29, 0.717) is 16.5 Å². The summed E-state index contributed by atoms with van der Waals surface area (Å²) in [5.41, 5.74) is 1.67. The number of nitrogens with one attached hydrogen (secondary N) is 1. The summed E-state index contributed by atoms with van der Waals surface area (Å²) in [4.78, 5) is 4.35. The van der Waals surface area contributed by atoms with Crippen LogP contribution in [-0.2, 0) is 0 Å². The van der Waals surface area contributed by atoms with Crippen LogP contribution in [0.2, 0.25) is 0 Å². The Morgan fingerprint density at radius 1 is 1.04 bits per heavy atom. The number of ether oxygens (including phenoxy) is 1. The van der Waals surface area contributed by atoms with Crippen molar-refractivity contribution in [3.05, 3.63) is 59.7 Å². The molecule has 0 radical (unpaired) electrons. The lowest BCUT2D eigenvalue weighted by atomic mass is 10.2. The van der Waals surface area contributed by atoms with Crippen LogP contribution in [-0.4, -0.2) is 17.8 Å². The fourth-order valence-corrected chi connectivity index (χ4v) is 2.76. The minimum absolute atomic E-state index is 0.126. The third-order valence-electron chi connectivity index (χ3n) is 3.17. The van der Waals surface area contributed by atoms with Gasteiger partial charge in [-0.1, -0.05) is 12.1 Å². The van der Waals surface area contributed by atoms with Crippen molar-refractivity contribution < 1.29 is 22.3 Å². The van der Waals surface area contributed by atoms with Crippen molar-refractivity contribution in [1.29, 1.82) is 0 Å². The van der Waals surface area contributed by atoms with Gasteiger partial charge < -0.3 is 10.1 Å². The number of rotatable bonds is 5. The highest BCUT2D eigenvalue weighted by Gasteiger charge is 2.28. The molecule has 1 aromatic heterocycles. The molecule has 0 amide bonds. The van der Waals surface area contributed by atoms with E-state index < -0.39 is 12.8 Å². The quantitative estimate of drug-likeness (QED) is 0.592. The molecule has 8 heteroatoms. The van der Waals surface area contributed by atoms with Crippen LogP contribution in [0.5, 0.6) is 5.75 Å². The van der Waals surface area contributed by atoms with Crippen LogP contribution in [0.1, 0.15) is 0 Å². The molecule has 3 aromatic rings. The van der Waals surface area contributed by atoms with Crippen molar-refractivity contribution in [2.24, 2.45) is 0 Å². The second kappa shape index (κ2) is 7.10. The molecule has 3 nitrogen and oxygen atoms in total. The molecule has 0 bridgehead atoms. The second-order valence-electron chi connectivity index (χ2n) is 5.07. The summed E-state index contributed by atoms with van der Waals surface area (Å²) in [6.07, 6.45) is -4.37. The summed E-state index contributed by atoms with van der Waals surface area (Å²) >= 11 is 1.30. The van der Waals surface area contributed by atoms with Gasteiger partial charge >= 0.3 is 6.18 Å². The first-order valence-corrected chi connectivity index (χ1v) is 8.06. The molecule has 0 saturated carbocycles. The van der Waals surface area contributed by atoms with Gasteiger partial charge in [-0.05, 0) is 36.4 Å². The van der Waals surface area contributed by atoms with Crippen LogP contribution in [0.25, 0.3) is 11.3 Å². The minimum atomic E-state index is -4.37. The highest BCUT2D eigenvalue weighted by molar-refractivity contribution is 7.14. The third kappa shape index (κ3) is 4.69. The number of aromatic nitrogens is 1. The fourth-order valence-electron chi connectivity index (χ4n) is 2.03. The molecular weight excluding hydrogens is 356 g/mol. The number of nitrogens with zero attached hydrogens (tertiary/aromatic N) is 1. The number of hydrogen-bond donors (Lipinski definition) is 1. The molecule has 3 rings (SSSR count). The highest BCUT2D eigenvalue weighted by atomic mass is 32.1. The van der Waals surface area contributed by atoms with E-state index in [4.69, 9.17) is 0 Å². The number of alkyl halides is 3. The number of thiazole rings is 1. The molecule has 1 heterocycles. The van der Waals surface area contributed by atoms with Gasteiger partial charge in [0.15, 0.2) is 11.7 Å². The molecule has 130 valence electrons. The predicted octanol–water partition coefficient (Wildman–Crippen LogP) is 5.63. The average molecular weight is 368 g/mol. The molecule has 0 fully saturated rings. The number of para-hydroxylation sites is 1. The van der Waals surface area contributed by atoms with Crippen molar-refractivity contribution in [2.75, 3.05) is 11.9 Å². The van der Waals surface area contributed by atoms with Crippen molar-refractivity contribution in [1.82, 2.24) is 4.98 Å². The molecule has 25 heavy (non-hydrogen) atoms. The first-order valence-electron chi connectivity index (χ1n) is 7.18.